The van der Waals surface area contributed by atoms with Crippen LogP contribution in [-0.2, 0) is 4.79 Å². The highest BCUT2D eigenvalue weighted by atomic mass is 35.5. The molecule has 0 aliphatic heterocycles. The van der Waals surface area contributed by atoms with Gasteiger partial charge in [0.2, 0.25) is 5.24 Å². The van der Waals surface area contributed by atoms with Gasteiger partial charge in [-0.1, -0.05) is 39.8 Å². The molecule has 0 bridgehead atoms. The SMILES string of the molecule is CC(C)[C@H]1CC[C@H]2[C@@H]3CCC4(C(=O)Cl)CC=CC[C@]4(C)[C@H]3CC[C@]12C. The van der Waals surface area contributed by atoms with E-state index in [-0.39, 0.29) is 16.1 Å². The lowest BCUT2D eigenvalue weighted by atomic mass is 9.41. The molecule has 7 atom stereocenters. The molecule has 4 rings (SSSR count). The maximum absolute atomic E-state index is 12.6. The fourth-order valence-electron chi connectivity index (χ4n) is 8.37. The topological polar surface area (TPSA) is 17.1 Å². The minimum Gasteiger partial charge on any atom is -0.281 e. The molecule has 4 aliphatic rings. The predicted octanol–water partition coefficient (Wildman–Crippen LogP) is 6.60. The van der Waals surface area contributed by atoms with Crippen LogP contribution in [0.1, 0.15) is 79.1 Å². The molecule has 1 unspecified atom stereocenters. The van der Waals surface area contributed by atoms with E-state index in [1.54, 1.807) is 0 Å². The van der Waals surface area contributed by atoms with Crippen molar-refractivity contribution in [1.82, 2.24) is 0 Å². The van der Waals surface area contributed by atoms with Gasteiger partial charge in [0, 0.05) is 0 Å². The first-order valence-electron chi connectivity index (χ1n) is 10.6. The number of fused-ring (bicyclic) bond motifs is 5. The van der Waals surface area contributed by atoms with E-state index in [0.29, 0.717) is 11.3 Å². The lowest BCUT2D eigenvalue weighted by Gasteiger charge is -2.63. The maximum Gasteiger partial charge on any atom is 0.228 e. The van der Waals surface area contributed by atoms with E-state index in [4.69, 9.17) is 11.6 Å². The zero-order valence-electron chi connectivity index (χ0n) is 16.5. The summed E-state index contributed by atoms with van der Waals surface area (Å²) in [7, 11) is 0. The Morgan fingerprint density at radius 1 is 1.00 bits per heavy atom. The van der Waals surface area contributed by atoms with Gasteiger partial charge >= 0.3 is 0 Å². The zero-order valence-corrected chi connectivity index (χ0v) is 17.2. The Labute approximate surface area is 159 Å². The van der Waals surface area contributed by atoms with Crippen molar-refractivity contribution in [1.29, 1.82) is 0 Å². The van der Waals surface area contributed by atoms with Crippen molar-refractivity contribution >= 4 is 16.8 Å². The standard InChI is InChI=1S/C23H35ClO/c1-15(2)17-7-8-18-16-9-14-23(20(24)25)12-6-5-11-22(23,4)19(16)10-13-21(17,18)3/h5-6,15-19H,7-14H2,1-4H3/t16-,17+,18-,19-,21+,22+,23?/m0/s1. The second kappa shape index (κ2) is 5.85. The first-order valence-corrected chi connectivity index (χ1v) is 11.0. The van der Waals surface area contributed by atoms with Crippen LogP contribution >= 0.6 is 11.6 Å². The molecule has 2 heteroatoms. The molecule has 0 aromatic rings. The summed E-state index contributed by atoms with van der Waals surface area (Å²) >= 11 is 6.27. The molecule has 4 aliphatic carbocycles. The molecule has 25 heavy (non-hydrogen) atoms. The van der Waals surface area contributed by atoms with Crippen molar-refractivity contribution < 1.29 is 4.79 Å². The fourth-order valence-corrected chi connectivity index (χ4v) is 8.76. The zero-order chi connectivity index (χ0) is 18.0. The summed E-state index contributed by atoms with van der Waals surface area (Å²) in [4.78, 5) is 12.6. The van der Waals surface area contributed by atoms with Gasteiger partial charge < -0.3 is 0 Å². The fraction of sp³-hybridized carbons (Fsp3) is 0.870. The van der Waals surface area contributed by atoms with E-state index in [1.807, 2.05) is 0 Å². The smallest absolute Gasteiger partial charge is 0.228 e. The monoisotopic (exact) mass is 362 g/mol. The molecule has 140 valence electrons. The van der Waals surface area contributed by atoms with Crippen LogP contribution in [0.2, 0.25) is 0 Å². The number of allylic oxidation sites excluding steroid dienone is 2. The summed E-state index contributed by atoms with van der Waals surface area (Å²) in [5.74, 6) is 4.04. The Kier molecular flexibility index (Phi) is 4.23. The molecule has 3 saturated carbocycles. The summed E-state index contributed by atoms with van der Waals surface area (Å²) in [5, 5.41) is -0.0578. The Hall–Kier alpha value is -0.300. The minimum absolute atomic E-state index is 0.0578. The molecule has 3 fully saturated rings. The minimum atomic E-state index is -0.297. The molecule has 0 radical (unpaired) electrons. The van der Waals surface area contributed by atoms with Crippen LogP contribution in [0.5, 0.6) is 0 Å². The Morgan fingerprint density at radius 2 is 1.72 bits per heavy atom. The summed E-state index contributed by atoms with van der Waals surface area (Å²) in [5.41, 5.74) is 0.302. The average Bonchev–Trinajstić information content (AvgIpc) is 2.91. The molecular formula is C23H35ClO. The van der Waals surface area contributed by atoms with Gasteiger partial charge in [-0.3, -0.25) is 4.79 Å². The van der Waals surface area contributed by atoms with Crippen LogP contribution < -0.4 is 0 Å². The highest BCUT2D eigenvalue weighted by Crippen LogP contribution is 2.71. The summed E-state index contributed by atoms with van der Waals surface area (Å²) in [6.45, 7) is 9.86. The third-order valence-electron chi connectivity index (χ3n) is 9.68. The third kappa shape index (κ3) is 2.23. The maximum atomic E-state index is 12.6. The first-order chi connectivity index (χ1) is 11.8. The highest BCUT2D eigenvalue weighted by Gasteiger charge is 2.65. The number of carbonyl (C=O) groups excluding carboxylic acids is 1. The molecule has 0 spiro atoms. The molecule has 0 saturated heterocycles. The van der Waals surface area contributed by atoms with Crippen LogP contribution in [0.15, 0.2) is 12.2 Å². The van der Waals surface area contributed by atoms with Crippen molar-refractivity contribution in [3.05, 3.63) is 12.2 Å². The van der Waals surface area contributed by atoms with Gasteiger partial charge in [-0.25, -0.2) is 0 Å². The molecule has 0 heterocycles. The van der Waals surface area contributed by atoms with Crippen LogP contribution in [-0.4, -0.2) is 5.24 Å². The molecule has 0 amide bonds. The highest BCUT2D eigenvalue weighted by molar-refractivity contribution is 6.64. The Bertz CT molecular complexity index is 595. The van der Waals surface area contributed by atoms with Crippen molar-refractivity contribution in [2.75, 3.05) is 0 Å². The molecule has 0 aromatic heterocycles. The van der Waals surface area contributed by atoms with Gasteiger partial charge in [0.1, 0.15) is 0 Å². The van der Waals surface area contributed by atoms with Crippen molar-refractivity contribution in [3.63, 3.8) is 0 Å². The molecule has 0 aromatic carbocycles. The Balaban J connectivity index is 1.70. The lowest BCUT2D eigenvalue weighted by molar-refractivity contribution is -0.159. The quantitative estimate of drug-likeness (QED) is 0.399. The first kappa shape index (κ1) is 18.1. The normalized spacial score (nSPS) is 51.8. The summed E-state index contributed by atoms with van der Waals surface area (Å²) in [6, 6.07) is 0. The van der Waals surface area contributed by atoms with Crippen LogP contribution in [0.4, 0.5) is 0 Å². The van der Waals surface area contributed by atoms with E-state index in [1.165, 1.54) is 32.1 Å². The van der Waals surface area contributed by atoms with Gasteiger partial charge in [-0.15, -0.1) is 0 Å². The third-order valence-corrected chi connectivity index (χ3v) is 10.0. The van der Waals surface area contributed by atoms with E-state index >= 15 is 0 Å². The van der Waals surface area contributed by atoms with E-state index in [0.717, 1.165) is 42.9 Å². The van der Waals surface area contributed by atoms with Crippen LogP contribution in [0.3, 0.4) is 0 Å². The second-order valence-electron chi connectivity index (χ2n) is 10.5. The molecule has 0 N–H and O–H groups in total. The average molecular weight is 363 g/mol. The number of hydrogen-bond donors (Lipinski definition) is 0. The van der Waals surface area contributed by atoms with Crippen molar-refractivity contribution in [2.24, 2.45) is 45.8 Å². The van der Waals surface area contributed by atoms with Crippen LogP contribution in [0.25, 0.3) is 0 Å². The number of carbonyl (C=O) groups is 1. The molecular weight excluding hydrogens is 328 g/mol. The predicted molar refractivity (Wildman–Crippen MR) is 104 cm³/mol. The number of halogens is 1. The van der Waals surface area contributed by atoms with E-state index in [9.17, 15) is 4.79 Å². The Morgan fingerprint density at radius 3 is 2.40 bits per heavy atom. The number of rotatable bonds is 2. The largest absolute Gasteiger partial charge is 0.281 e. The number of hydrogen-bond acceptors (Lipinski definition) is 1. The second-order valence-corrected chi connectivity index (χ2v) is 10.9. The van der Waals surface area contributed by atoms with Gasteiger partial charge in [-0.05, 0) is 103 Å². The molecule has 1 nitrogen and oxygen atoms in total. The lowest BCUT2D eigenvalue weighted by Crippen LogP contribution is -2.59. The van der Waals surface area contributed by atoms with E-state index < -0.39 is 0 Å². The van der Waals surface area contributed by atoms with Gasteiger partial charge in [0.25, 0.3) is 0 Å². The van der Waals surface area contributed by atoms with Gasteiger partial charge in [0.15, 0.2) is 0 Å². The summed E-state index contributed by atoms with van der Waals surface area (Å²) in [6.07, 6.45) is 14.2. The van der Waals surface area contributed by atoms with Crippen molar-refractivity contribution in [2.45, 2.75) is 79.1 Å². The van der Waals surface area contributed by atoms with E-state index in [2.05, 4.69) is 39.8 Å². The van der Waals surface area contributed by atoms with Crippen molar-refractivity contribution in [3.8, 4) is 0 Å². The van der Waals surface area contributed by atoms with Gasteiger partial charge in [-0.2, -0.15) is 0 Å². The van der Waals surface area contributed by atoms with Gasteiger partial charge in [0.05, 0.1) is 5.41 Å². The van der Waals surface area contributed by atoms with Crippen LogP contribution in [0, 0.1) is 45.8 Å². The summed E-state index contributed by atoms with van der Waals surface area (Å²) < 4.78 is 0.